The smallest absolute Gasteiger partial charge is 0.122 e. The van der Waals surface area contributed by atoms with Crippen LogP contribution in [0.2, 0.25) is 0 Å². The molecule has 1 rings (SSSR count). The van der Waals surface area contributed by atoms with Gasteiger partial charge in [0.25, 0.3) is 0 Å². The van der Waals surface area contributed by atoms with Gasteiger partial charge in [-0.1, -0.05) is 13.8 Å². The van der Waals surface area contributed by atoms with Crippen molar-refractivity contribution in [2.45, 2.75) is 58.7 Å². The molecule has 0 radical (unpaired) electrons. The van der Waals surface area contributed by atoms with Crippen LogP contribution in [0.5, 0.6) is 0 Å². The van der Waals surface area contributed by atoms with E-state index in [0.29, 0.717) is 12.5 Å². The highest BCUT2D eigenvalue weighted by molar-refractivity contribution is 5.08. The van der Waals surface area contributed by atoms with Crippen molar-refractivity contribution in [3.8, 4) is 6.07 Å². The van der Waals surface area contributed by atoms with Crippen molar-refractivity contribution in [2.75, 3.05) is 0 Å². The van der Waals surface area contributed by atoms with Gasteiger partial charge in [-0.25, -0.2) is 4.98 Å². The molecule has 1 heterocycles. The first-order chi connectivity index (χ1) is 7.88. The first kappa shape index (κ1) is 13.7. The van der Waals surface area contributed by atoms with Gasteiger partial charge in [0.05, 0.1) is 12.6 Å². The molecule has 1 N–H and O–H groups in total. The number of hydrogen-bond donors (Lipinski definition) is 1. The molecule has 1 aromatic rings. The van der Waals surface area contributed by atoms with Crippen molar-refractivity contribution in [3.63, 3.8) is 0 Å². The molecular weight excluding hydrogens is 212 g/mol. The molecular formula is C13H22N4. The molecule has 17 heavy (non-hydrogen) atoms. The number of nitrogens with zero attached hydrogens (tertiary/aromatic N) is 3. The standard InChI is InChI=1S/C13H22N4/c1-10(2)12-15-6-7-17(12)9-13(5,8-14)16-11(3)4/h6-7,10-11,16H,9H2,1-5H3. The SMILES string of the molecule is CC(C)NC(C)(C#N)Cn1ccnc1C(C)C. The Kier molecular flexibility index (Phi) is 4.30. The van der Waals surface area contributed by atoms with Crippen molar-refractivity contribution in [1.29, 1.82) is 5.26 Å². The van der Waals surface area contributed by atoms with E-state index >= 15 is 0 Å². The summed E-state index contributed by atoms with van der Waals surface area (Å²) in [7, 11) is 0. The van der Waals surface area contributed by atoms with Gasteiger partial charge in [0.2, 0.25) is 0 Å². The number of nitriles is 1. The van der Waals surface area contributed by atoms with Crippen molar-refractivity contribution in [2.24, 2.45) is 0 Å². The molecule has 1 unspecified atom stereocenters. The third-order valence-corrected chi connectivity index (χ3v) is 2.60. The maximum atomic E-state index is 9.32. The lowest BCUT2D eigenvalue weighted by Crippen LogP contribution is -2.48. The molecule has 4 nitrogen and oxygen atoms in total. The highest BCUT2D eigenvalue weighted by atomic mass is 15.1. The summed E-state index contributed by atoms with van der Waals surface area (Å²) in [5, 5.41) is 12.6. The van der Waals surface area contributed by atoms with Crippen LogP contribution in [0.3, 0.4) is 0 Å². The fraction of sp³-hybridized carbons (Fsp3) is 0.692. The van der Waals surface area contributed by atoms with Gasteiger partial charge in [-0.05, 0) is 20.8 Å². The first-order valence-corrected chi connectivity index (χ1v) is 6.08. The summed E-state index contributed by atoms with van der Waals surface area (Å²) >= 11 is 0. The Morgan fingerprint density at radius 2 is 2.12 bits per heavy atom. The first-order valence-electron chi connectivity index (χ1n) is 6.08. The summed E-state index contributed by atoms with van der Waals surface area (Å²) in [4.78, 5) is 4.34. The van der Waals surface area contributed by atoms with Crippen LogP contribution in [0.15, 0.2) is 12.4 Å². The summed E-state index contributed by atoms with van der Waals surface area (Å²) in [5.41, 5.74) is -0.557. The van der Waals surface area contributed by atoms with Gasteiger partial charge in [0.1, 0.15) is 11.4 Å². The molecule has 0 aromatic carbocycles. The molecule has 1 aromatic heterocycles. The minimum atomic E-state index is -0.557. The number of imidazole rings is 1. The van der Waals surface area contributed by atoms with Crippen LogP contribution < -0.4 is 5.32 Å². The molecule has 0 aliphatic carbocycles. The lowest BCUT2D eigenvalue weighted by Gasteiger charge is -2.27. The second-order valence-electron chi connectivity index (χ2n) is 5.31. The fourth-order valence-corrected chi connectivity index (χ4v) is 2.05. The molecule has 0 aliphatic rings. The minimum absolute atomic E-state index is 0.283. The Labute approximate surface area is 104 Å². The molecule has 0 amide bonds. The Balaban J connectivity index is 2.88. The summed E-state index contributed by atoms with van der Waals surface area (Å²) in [6, 6.07) is 2.64. The lowest BCUT2D eigenvalue weighted by atomic mass is 10.0. The average molecular weight is 234 g/mol. The number of rotatable bonds is 5. The van der Waals surface area contributed by atoms with Crippen LogP contribution in [0.1, 0.15) is 46.4 Å². The zero-order chi connectivity index (χ0) is 13.1. The van der Waals surface area contributed by atoms with E-state index < -0.39 is 5.54 Å². The zero-order valence-electron chi connectivity index (χ0n) is 11.4. The van der Waals surface area contributed by atoms with Gasteiger partial charge in [-0.15, -0.1) is 0 Å². The molecule has 94 valence electrons. The number of hydrogen-bond acceptors (Lipinski definition) is 3. The topological polar surface area (TPSA) is 53.6 Å². The van der Waals surface area contributed by atoms with Gasteiger partial charge in [0, 0.05) is 24.4 Å². The van der Waals surface area contributed by atoms with Gasteiger partial charge in [-0.3, -0.25) is 5.32 Å². The average Bonchev–Trinajstić information content (AvgIpc) is 2.64. The third kappa shape index (κ3) is 3.57. The predicted octanol–water partition coefficient (Wildman–Crippen LogP) is 2.29. The van der Waals surface area contributed by atoms with Crippen molar-refractivity contribution >= 4 is 0 Å². The van der Waals surface area contributed by atoms with Crippen LogP contribution in [0.4, 0.5) is 0 Å². The van der Waals surface area contributed by atoms with Gasteiger partial charge < -0.3 is 4.57 Å². The van der Waals surface area contributed by atoms with E-state index in [1.165, 1.54) is 0 Å². The van der Waals surface area contributed by atoms with Crippen LogP contribution >= 0.6 is 0 Å². The summed E-state index contributed by atoms with van der Waals surface area (Å²) in [5.74, 6) is 1.39. The summed E-state index contributed by atoms with van der Waals surface area (Å²) in [6.45, 7) is 10.9. The van der Waals surface area contributed by atoms with E-state index in [1.54, 1.807) is 6.20 Å². The van der Waals surface area contributed by atoms with E-state index in [2.05, 4.69) is 34.8 Å². The maximum absolute atomic E-state index is 9.32. The van der Waals surface area contributed by atoms with Gasteiger partial charge in [-0.2, -0.15) is 5.26 Å². The van der Waals surface area contributed by atoms with Crippen LogP contribution in [0, 0.1) is 11.3 Å². The second kappa shape index (κ2) is 5.33. The lowest BCUT2D eigenvalue weighted by molar-refractivity contribution is 0.352. The number of aromatic nitrogens is 2. The Bertz CT molecular complexity index is 400. The molecule has 0 saturated carbocycles. The molecule has 0 saturated heterocycles. The summed E-state index contributed by atoms with van der Waals surface area (Å²) in [6.07, 6.45) is 3.73. The van der Waals surface area contributed by atoms with Crippen LogP contribution in [-0.4, -0.2) is 21.1 Å². The number of nitrogens with one attached hydrogen (secondary N) is 1. The molecule has 0 fully saturated rings. The largest absolute Gasteiger partial charge is 0.332 e. The van der Waals surface area contributed by atoms with Crippen LogP contribution in [0.25, 0.3) is 0 Å². The fourth-order valence-electron chi connectivity index (χ4n) is 2.05. The van der Waals surface area contributed by atoms with E-state index in [4.69, 9.17) is 0 Å². The van der Waals surface area contributed by atoms with E-state index in [1.807, 2.05) is 27.0 Å². The van der Waals surface area contributed by atoms with Crippen LogP contribution in [-0.2, 0) is 6.54 Å². The highest BCUT2D eigenvalue weighted by Gasteiger charge is 2.26. The highest BCUT2D eigenvalue weighted by Crippen LogP contribution is 2.15. The van der Waals surface area contributed by atoms with Gasteiger partial charge in [0.15, 0.2) is 0 Å². The molecule has 4 heteroatoms. The maximum Gasteiger partial charge on any atom is 0.122 e. The quantitative estimate of drug-likeness (QED) is 0.850. The Morgan fingerprint density at radius 3 is 2.59 bits per heavy atom. The Morgan fingerprint density at radius 1 is 1.47 bits per heavy atom. The summed E-state index contributed by atoms with van der Waals surface area (Å²) < 4.78 is 2.06. The van der Waals surface area contributed by atoms with E-state index in [9.17, 15) is 5.26 Å². The molecule has 0 aliphatic heterocycles. The Hall–Kier alpha value is -1.34. The zero-order valence-corrected chi connectivity index (χ0v) is 11.4. The van der Waals surface area contributed by atoms with Gasteiger partial charge >= 0.3 is 0 Å². The third-order valence-electron chi connectivity index (χ3n) is 2.60. The van der Waals surface area contributed by atoms with Crippen molar-refractivity contribution < 1.29 is 0 Å². The predicted molar refractivity (Wildman–Crippen MR) is 68.6 cm³/mol. The second-order valence-corrected chi connectivity index (χ2v) is 5.31. The van der Waals surface area contributed by atoms with Crippen molar-refractivity contribution in [3.05, 3.63) is 18.2 Å². The molecule has 0 spiro atoms. The normalized spacial score (nSPS) is 14.9. The van der Waals surface area contributed by atoms with E-state index in [0.717, 1.165) is 5.82 Å². The molecule has 1 atom stereocenters. The monoisotopic (exact) mass is 234 g/mol. The minimum Gasteiger partial charge on any atom is -0.332 e. The van der Waals surface area contributed by atoms with Crippen molar-refractivity contribution in [1.82, 2.24) is 14.9 Å². The van der Waals surface area contributed by atoms with E-state index in [-0.39, 0.29) is 6.04 Å². The molecule has 0 bridgehead atoms.